The molecule has 0 N–H and O–H groups in total. The van der Waals surface area contributed by atoms with Crippen LogP contribution in [0.1, 0.15) is 38.5 Å². The van der Waals surface area contributed by atoms with Crippen molar-refractivity contribution >= 4 is 22.7 Å². The molecule has 200 valence electrons. The van der Waals surface area contributed by atoms with E-state index in [1.54, 1.807) is 32.4 Å². The first-order valence-electron chi connectivity index (χ1n) is 13.3. The lowest BCUT2D eigenvalue weighted by atomic mass is 9.81. The molecule has 1 aromatic carbocycles. The van der Waals surface area contributed by atoms with Crippen molar-refractivity contribution in [1.82, 2.24) is 18.9 Å². The second-order valence-electron chi connectivity index (χ2n) is 10.5. The molecule has 0 bridgehead atoms. The number of aryl methyl sites for hydroxylation is 1. The summed E-state index contributed by atoms with van der Waals surface area (Å²) in [5.74, 6) is 0.911. The zero-order chi connectivity index (χ0) is 26.1. The number of benzene rings is 1. The molecule has 1 atom stereocenters. The SMILES string of the molecule is COc1ccc2c(c1)c(=O)n(CC1CCC(C(=O)N3CCN(C(=O)[C@H]4CCCO4)CC3)CC1)c(=O)n2C. The van der Waals surface area contributed by atoms with E-state index in [4.69, 9.17) is 9.47 Å². The van der Waals surface area contributed by atoms with Gasteiger partial charge in [-0.2, -0.15) is 0 Å². The zero-order valence-corrected chi connectivity index (χ0v) is 21.7. The Kier molecular flexibility index (Phi) is 7.37. The molecule has 10 nitrogen and oxygen atoms in total. The highest BCUT2D eigenvalue weighted by atomic mass is 16.5. The van der Waals surface area contributed by atoms with E-state index in [1.165, 1.54) is 9.13 Å². The Morgan fingerprint density at radius 3 is 2.27 bits per heavy atom. The third-order valence-electron chi connectivity index (χ3n) is 8.30. The summed E-state index contributed by atoms with van der Waals surface area (Å²) in [5.41, 5.74) is -0.0409. The molecule has 2 saturated heterocycles. The van der Waals surface area contributed by atoms with E-state index < -0.39 is 0 Å². The number of carbonyl (C=O) groups is 2. The quantitative estimate of drug-likeness (QED) is 0.600. The van der Waals surface area contributed by atoms with Crippen molar-refractivity contribution < 1.29 is 19.1 Å². The van der Waals surface area contributed by atoms with Gasteiger partial charge in [0.1, 0.15) is 11.9 Å². The summed E-state index contributed by atoms with van der Waals surface area (Å²) >= 11 is 0. The first-order valence-corrected chi connectivity index (χ1v) is 13.3. The molecule has 1 aliphatic carbocycles. The molecule has 2 amide bonds. The second kappa shape index (κ2) is 10.7. The number of ether oxygens (including phenoxy) is 2. The van der Waals surface area contributed by atoms with Gasteiger partial charge >= 0.3 is 5.69 Å². The largest absolute Gasteiger partial charge is 0.497 e. The van der Waals surface area contributed by atoms with Crippen molar-refractivity contribution in [1.29, 1.82) is 0 Å². The van der Waals surface area contributed by atoms with Crippen LogP contribution in [0.2, 0.25) is 0 Å². The van der Waals surface area contributed by atoms with E-state index in [2.05, 4.69) is 0 Å². The van der Waals surface area contributed by atoms with Gasteiger partial charge in [-0.15, -0.1) is 0 Å². The van der Waals surface area contributed by atoms with Gasteiger partial charge in [-0.05, 0) is 62.6 Å². The number of amides is 2. The van der Waals surface area contributed by atoms with E-state index in [1.807, 2.05) is 9.80 Å². The lowest BCUT2D eigenvalue weighted by molar-refractivity contribution is -0.147. The van der Waals surface area contributed by atoms with Crippen molar-refractivity contribution in [3.8, 4) is 5.75 Å². The van der Waals surface area contributed by atoms with Crippen LogP contribution < -0.4 is 16.0 Å². The lowest BCUT2D eigenvalue weighted by Gasteiger charge is -2.38. The number of fused-ring (bicyclic) bond motifs is 1. The maximum Gasteiger partial charge on any atom is 0.331 e. The van der Waals surface area contributed by atoms with Gasteiger partial charge in [0.05, 0.1) is 18.0 Å². The Bertz CT molecular complexity index is 1280. The van der Waals surface area contributed by atoms with E-state index in [-0.39, 0.29) is 41.0 Å². The maximum atomic E-state index is 13.2. The van der Waals surface area contributed by atoms with Crippen LogP contribution in [0.4, 0.5) is 0 Å². The number of hydrogen-bond donors (Lipinski definition) is 0. The van der Waals surface area contributed by atoms with Crippen LogP contribution in [0.5, 0.6) is 5.75 Å². The van der Waals surface area contributed by atoms with Gasteiger partial charge < -0.3 is 19.3 Å². The number of rotatable bonds is 5. The minimum atomic E-state index is -0.323. The van der Waals surface area contributed by atoms with E-state index in [0.717, 1.165) is 38.5 Å². The second-order valence-corrected chi connectivity index (χ2v) is 10.5. The summed E-state index contributed by atoms with van der Waals surface area (Å²) in [6, 6.07) is 5.15. The Morgan fingerprint density at radius 2 is 1.65 bits per heavy atom. The number of piperazine rings is 1. The molecule has 5 rings (SSSR count). The Labute approximate surface area is 215 Å². The molecule has 1 aromatic heterocycles. The van der Waals surface area contributed by atoms with Crippen molar-refractivity contribution in [3.63, 3.8) is 0 Å². The van der Waals surface area contributed by atoms with E-state index in [9.17, 15) is 19.2 Å². The molecular weight excluding hydrogens is 476 g/mol. The predicted octanol–water partition coefficient (Wildman–Crippen LogP) is 1.37. The van der Waals surface area contributed by atoms with Crippen LogP contribution >= 0.6 is 0 Å². The molecule has 0 radical (unpaired) electrons. The Hall–Kier alpha value is -3.14. The summed E-state index contributed by atoms with van der Waals surface area (Å²) in [4.78, 5) is 55.6. The number of carbonyl (C=O) groups excluding carboxylic acids is 2. The third-order valence-corrected chi connectivity index (χ3v) is 8.30. The molecule has 0 spiro atoms. The van der Waals surface area contributed by atoms with Crippen molar-refractivity contribution in [2.45, 2.75) is 51.2 Å². The van der Waals surface area contributed by atoms with Crippen molar-refractivity contribution in [3.05, 3.63) is 39.0 Å². The molecule has 2 aliphatic heterocycles. The Balaban J connectivity index is 1.18. The van der Waals surface area contributed by atoms with Crippen LogP contribution in [-0.4, -0.2) is 76.7 Å². The first kappa shape index (κ1) is 25.5. The minimum Gasteiger partial charge on any atom is -0.497 e. The van der Waals surface area contributed by atoms with E-state index in [0.29, 0.717) is 56.0 Å². The van der Waals surface area contributed by atoms with Crippen molar-refractivity contribution in [2.24, 2.45) is 18.9 Å². The average Bonchev–Trinajstić information content (AvgIpc) is 3.49. The molecule has 37 heavy (non-hydrogen) atoms. The summed E-state index contributed by atoms with van der Waals surface area (Å²) in [7, 11) is 3.23. The summed E-state index contributed by atoms with van der Waals surface area (Å²) in [6.07, 6.45) is 4.47. The Morgan fingerprint density at radius 1 is 0.973 bits per heavy atom. The topological polar surface area (TPSA) is 103 Å². The molecular formula is C27H36N4O6. The van der Waals surface area contributed by atoms with Crippen LogP contribution in [0.3, 0.4) is 0 Å². The molecule has 3 heterocycles. The minimum absolute atomic E-state index is 0.0444. The standard InChI is InChI=1S/C27H36N4O6/c1-28-22-10-9-20(36-2)16-21(22)25(33)31(27(28)35)17-18-5-7-19(8-6-18)24(32)29-11-13-30(14-12-29)26(34)23-4-3-15-37-23/h9-10,16,18-19,23H,3-8,11-15,17H2,1-2H3/t18?,19?,23-/m1/s1. The normalized spacial score (nSPS) is 24.4. The fraction of sp³-hybridized carbons (Fsp3) is 0.630. The number of aromatic nitrogens is 2. The van der Waals surface area contributed by atoms with Crippen molar-refractivity contribution in [2.75, 3.05) is 39.9 Å². The highest BCUT2D eigenvalue weighted by Crippen LogP contribution is 2.31. The molecule has 0 unspecified atom stereocenters. The van der Waals surface area contributed by atoms with Gasteiger partial charge in [-0.3, -0.25) is 23.5 Å². The van der Waals surface area contributed by atoms with Gasteiger partial charge in [0, 0.05) is 52.3 Å². The summed E-state index contributed by atoms with van der Waals surface area (Å²) in [6.45, 7) is 3.23. The molecule has 3 fully saturated rings. The summed E-state index contributed by atoms with van der Waals surface area (Å²) < 4.78 is 13.6. The fourth-order valence-electron chi connectivity index (χ4n) is 6.01. The number of methoxy groups -OCH3 is 1. The highest BCUT2D eigenvalue weighted by Gasteiger charge is 2.34. The molecule has 2 aromatic rings. The van der Waals surface area contributed by atoms with E-state index >= 15 is 0 Å². The van der Waals surface area contributed by atoms with Crippen LogP contribution in [0.25, 0.3) is 10.9 Å². The molecule has 1 saturated carbocycles. The number of hydrogen-bond acceptors (Lipinski definition) is 6. The third kappa shape index (κ3) is 5.03. The molecule has 3 aliphatic rings. The smallest absolute Gasteiger partial charge is 0.331 e. The average molecular weight is 513 g/mol. The van der Waals surface area contributed by atoms with Gasteiger partial charge in [0.25, 0.3) is 11.5 Å². The molecule has 10 heteroatoms. The van der Waals surface area contributed by atoms with Crippen LogP contribution in [0, 0.1) is 11.8 Å². The fourth-order valence-corrected chi connectivity index (χ4v) is 6.01. The van der Waals surface area contributed by atoms with Gasteiger partial charge in [-0.1, -0.05) is 0 Å². The predicted molar refractivity (Wildman–Crippen MR) is 138 cm³/mol. The first-order chi connectivity index (χ1) is 17.9. The number of nitrogens with zero attached hydrogens (tertiary/aromatic N) is 4. The van der Waals surface area contributed by atoms with Gasteiger partial charge in [0.15, 0.2) is 0 Å². The van der Waals surface area contributed by atoms with Crippen LogP contribution in [0.15, 0.2) is 27.8 Å². The lowest BCUT2D eigenvalue weighted by Crippen LogP contribution is -2.54. The zero-order valence-electron chi connectivity index (χ0n) is 21.7. The maximum absolute atomic E-state index is 13.2. The highest BCUT2D eigenvalue weighted by molar-refractivity contribution is 5.82. The summed E-state index contributed by atoms with van der Waals surface area (Å²) in [5, 5.41) is 0.461. The van der Waals surface area contributed by atoms with Gasteiger partial charge in [-0.25, -0.2) is 4.79 Å². The van der Waals surface area contributed by atoms with Gasteiger partial charge in [0.2, 0.25) is 5.91 Å². The monoisotopic (exact) mass is 512 g/mol. The van der Waals surface area contributed by atoms with Crippen LogP contribution in [-0.2, 0) is 27.9 Å².